The predicted molar refractivity (Wildman–Crippen MR) is 127 cm³/mol. The molecule has 0 bridgehead atoms. The Morgan fingerprint density at radius 1 is 1.00 bits per heavy atom. The Hall–Kier alpha value is -2.80. The van der Waals surface area contributed by atoms with E-state index in [2.05, 4.69) is 10.00 Å². The van der Waals surface area contributed by atoms with Gasteiger partial charge >= 0.3 is 0 Å². The summed E-state index contributed by atoms with van der Waals surface area (Å²) in [5.74, 6) is 0. The van der Waals surface area contributed by atoms with Gasteiger partial charge in [0.1, 0.15) is 0 Å². The minimum Gasteiger partial charge on any atom is -0.309 e. The van der Waals surface area contributed by atoms with Crippen LogP contribution in [0.25, 0.3) is 27.8 Å². The van der Waals surface area contributed by atoms with Gasteiger partial charge in [-0.15, -0.1) is 0 Å². The van der Waals surface area contributed by atoms with E-state index in [1.807, 2.05) is 38.4 Å². The van der Waals surface area contributed by atoms with E-state index in [0.717, 1.165) is 18.5 Å². The Morgan fingerprint density at radius 2 is 1.71 bits per heavy atom. The monoisotopic (exact) mass is 456 g/mol. The molecule has 2 aromatic heterocycles. The van der Waals surface area contributed by atoms with E-state index >= 15 is 0 Å². The van der Waals surface area contributed by atoms with Gasteiger partial charge in [-0.05, 0) is 56.9 Å². The van der Waals surface area contributed by atoms with Crippen LogP contribution in [-0.4, -0.2) is 39.9 Å². The minimum atomic E-state index is -0.291. The SMILES string of the molecule is CN(C)CCCn1c(-c2ccc(Cl)cc2)c2c(=O)[nH]n(-c3ccccc3Cl)c2cc1=O. The second kappa shape index (κ2) is 8.75. The van der Waals surface area contributed by atoms with Crippen LogP contribution >= 0.6 is 23.2 Å². The summed E-state index contributed by atoms with van der Waals surface area (Å²) in [6.07, 6.45) is 0.766. The highest BCUT2D eigenvalue weighted by Gasteiger charge is 2.20. The van der Waals surface area contributed by atoms with Crippen molar-refractivity contribution in [3.63, 3.8) is 0 Å². The Labute approximate surface area is 189 Å². The molecule has 2 aromatic carbocycles. The molecule has 160 valence electrons. The fourth-order valence-electron chi connectivity index (χ4n) is 3.75. The fourth-order valence-corrected chi connectivity index (χ4v) is 4.10. The van der Waals surface area contributed by atoms with Crippen LogP contribution in [0.15, 0.2) is 64.2 Å². The lowest BCUT2D eigenvalue weighted by Crippen LogP contribution is -2.24. The number of pyridine rings is 1. The van der Waals surface area contributed by atoms with Gasteiger partial charge in [0.15, 0.2) is 0 Å². The number of para-hydroxylation sites is 1. The number of benzene rings is 2. The molecular formula is C23H22Cl2N4O2. The molecule has 0 atom stereocenters. The molecule has 0 aliphatic heterocycles. The van der Waals surface area contributed by atoms with Crippen molar-refractivity contribution in [2.45, 2.75) is 13.0 Å². The van der Waals surface area contributed by atoms with Crippen LogP contribution in [0.2, 0.25) is 10.0 Å². The van der Waals surface area contributed by atoms with Gasteiger partial charge in [-0.1, -0.05) is 47.5 Å². The maximum Gasteiger partial charge on any atom is 0.274 e. The molecule has 0 spiro atoms. The summed E-state index contributed by atoms with van der Waals surface area (Å²) in [5.41, 5.74) is 1.93. The van der Waals surface area contributed by atoms with Gasteiger partial charge < -0.3 is 9.47 Å². The van der Waals surface area contributed by atoms with Crippen molar-refractivity contribution in [1.82, 2.24) is 19.2 Å². The van der Waals surface area contributed by atoms with Gasteiger partial charge in [-0.25, -0.2) is 0 Å². The zero-order valence-electron chi connectivity index (χ0n) is 17.2. The Kier molecular flexibility index (Phi) is 6.05. The Morgan fingerprint density at radius 3 is 2.39 bits per heavy atom. The van der Waals surface area contributed by atoms with Crippen LogP contribution in [0.4, 0.5) is 0 Å². The first-order valence-electron chi connectivity index (χ1n) is 9.91. The van der Waals surface area contributed by atoms with E-state index < -0.39 is 0 Å². The number of halogens is 2. The molecule has 1 N–H and O–H groups in total. The number of aromatic amines is 1. The summed E-state index contributed by atoms with van der Waals surface area (Å²) >= 11 is 12.4. The lowest BCUT2D eigenvalue weighted by Gasteiger charge is -2.16. The number of aromatic nitrogens is 3. The maximum atomic E-state index is 13.2. The quantitative estimate of drug-likeness (QED) is 0.467. The zero-order chi connectivity index (χ0) is 22.1. The molecule has 0 saturated carbocycles. The number of hydrogen-bond donors (Lipinski definition) is 1. The third kappa shape index (κ3) is 4.19. The molecule has 2 heterocycles. The summed E-state index contributed by atoms with van der Waals surface area (Å²) in [7, 11) is 3.97. The molecular weight excluding hydrogens is 435 g/mol. The number of rotatable bonds is 6. The lowest BCUT2D eigenvalue weighted by atomic mass is 10.1. The molecule has 0 radical (unpaired) electrons. The van der Waals surface area contributed by atoms with Crippen molar-refractivity contribution < 1.29 is 0 Å². The molecule has 4 aromatic rings. The van der Waals surface area contributed by atoms with Crippen LogP contribution in [0.5, 0.6) is 0 Å². The number of H-pyrrole nitrogens is 1. The van der Waals surface area contributed by atoms with E-state index in [9.17, 15) is 9.59 Å². The van der Waals surface area contributed by atoms with E-state index in [4.69, 9.17) is 23.2 Å². The van der Waals surface area contributed by atoms with Crippen molar-refractivity contribution >= 4 is 34.1 Å². The van der Waals surface area contributed by atoms with Gasteiger partial charge in [0.2, 0.25) is 0 Å². The van der Waals surface area contributed by atoms with Crippen LogP contribution in [0.1, 0.15) is 6.42 Å². The topological polar surface area (TPSA) is 63.0 Å². The first-order valence-corrected chi connectivity index (χ1v) is 10.7. The molecule has 0 aliphatic carbocycles. The second-order valence-electron chi connectivity index (χ2n) is 7.63. The molecule has 4 rings (SSSR count). The lowest BCUT2D eigenvalue weighted by molar-refractivity contribution is 0.385. The standard InChI is InChI=1S/C23H22Cl2N4O2/c1-27(2)12-5-13-28-20(30)14-19-21(22(28)15-8-10-16(24)11-9-15)23(31)26-29(19)18-7-4-3-6-17(18)25/h3-4,6-11,14H,5,12-13H2,1-2H3,(H,26,31). The Bertz CT molecular complexity index is 1350. The predicted octanol–water partition coefficient (Wildman–Crippen LogP) is 4.41. The molecule has 6 nitrogen and oxygen atoms in total. The molecule has 0 amide bonds. The highest BCUT2D eigenvalue weighted by molar-refractivity contribution is 6.32. The van der Waals surface area contributed by atoms with Crippen LogP contribution in [0, 0.1) is 0 Å². The van der Waals surface area contributed by atoms with E-state index in [1.54, 1.807) is 33.5 Å². The average Bonchev–Trinajstić information content (AvgIpc) is 3.05. The summed E-state index contributed by atoms with van der Waals surface area (Å²) in [5, 5.41) is 4.34. The van der Waals surface area contributed by atoms with Crippen LogP contribution in [0.3, 0.4) is 0 Å². The van der Waals surface area contributed by atoms with E-state index in [0.29, 0.717) is 38.9 Å². The zero-order valence-corrected chi connectivity index (χ0v) is 18.7. The smallest absolute Gasteiger partial charge is 0.274 e. The van der Waals surface area contributed by atoms with Gasteiger partial charge in [-0.3, -0.25) is 19.4 Å². The highest BCUT2D eigenvalue weighted by Crippen LogP contribution is 2.29. The van der Waals surface area contributed by atoms with Crippen molar-refractivity contribution in [3.8, 4) is 16.9 Å². The van der Waals surface area contributed by atoms with Crippen molar-refractivity contribution in [3.05, 3.63) is 85.4 Å². The van der Waals surface area contributed by atoms with Gasteiger partial charge in [0.25, 0.3) is 11.1 Å². The molecule has 0 unspecified atom stereocenters. The van der Waals surface area contributed by atoms with Crippen LogP contribution < -0.4 is 11.1 Å². The average molecular weight is 457 g/mol. The van der Waals surface area contributed by atoms with Crippen molar-refractivity contribution in [2.24, 2.45) is 0 Å². The molecule has 0 aliphatic rings. The highest BCUT2D eigenvalue weighted by atomic mass is 35.5. The van der Waals surface area contributed by atoms with Gasteiger partial charge in [0, 0.05) is 17.6 Å². The third-order valence-corrected chi connectivity index (χ3v) is 5.74. The first kappa shape index (κ1) is 21.4. The third-order valence-electron chi connectivity index (χ3n) is 5.17. The van der Waals surface area contributed by atoms with E-state index in [1.165, 1.54) is 6.07 Å². The summed E-state index contributed by atoms with van der Waals surface area (Å²) in [6, 6.07) is 15.8. The number of fused-ring (bicyclic) bond motifs is 1. The first-order chi connectivity index (χ1) is 14.9. The summed E-state index contributed by atoms with van der Waals surface area (Å²) < 4.78 is 3.24. The van der Waals surface area contributed by atoms with Gasteiger partial charge in [0.05, 0.1) is 27.3 Å². The molecule has 0 saturated heterocycles. The van der Waals surface area contributed by atoms with E-state index in [-0.39, 0.29) is 11.1 Å². The maximum absolute atomic E-state index is 13.2. The van der Waals surface area contributed by atoms with Crippen LogP contribution in [-0.2, 0) is 6.54 Å². The molecule has 0 fully saturated rings. The van der Waals surface area contributed by atoms with Crippen molar-refractivity contribution in [2.75, 3.05) is 20.6 Å². The Balaban J connectivity index is 2.01. The number of nitrogens with one attached hydrogen (secondary N) is 1. The molecule has 8 heteroatoms. The number of hydrogen-bond acceptors (Lipinski definition) is 3. The minimum absolute atomic E-state index is 0.184. The summed E-state index contributed by atoms with van der Waals surface area (Å²) in [6.45, 7) is 1.31. The van der Waals surface area contributed by atoms with Crippen molar-refractivity contribution in [1.29, 1.82) is 0 Å². The second-order valence-corrected chi connectivity index (χ2v) is 8.48. The fraction of sp³-hybridized carbons (Fsp3) is 0.217. The number of nitrogens with zero attached hydrogens (tertiary/aromatic N) is 3. The largest absolute Gasteiger partial charge is 0.309 e. The molecule has 31 heavy (non-hydrogen) atoms. The van der Waals surface area contributed by atoms with Gasteiger partial charge in [-0.2, -0.15) is 0 Å². The summed E-state index contributed by atoms with van der Waals surface area (Å²) in [4.78, 5) is 28.4. The normalized spacial score (nSPS) is 11.5.